The number of hydrogen-bond acceptors (Lipinski definition) is 2. The minimum absolute atomic E-state index is 0.121. The molecule has 2 unspecified atom stereocenters. The molecule has 0 saturated heterocycles. The molecule has 3 heteroatoms. The monoisotopic (exact) mass is 184 g/mol. The zero-order valence-corrected chi connectivity index (χ0v) is 8.60. The van der Waals surface area contributed by atoms with Crippen molar-refractivity contribution in [3.05, 3.63) is 0 Å². The summed E-state index contributed by atoms with van der Waals surface area (Å²) < 4.78 is 0. The van der Waals surface area contributed by atoms with Gasteiger partial charge in [-0.05, 0) is 31.2 Å². The van der Waals surface area contributed by atoms with Crippen molar-refractivity contribution in [3.8, 4) is 0 Å². The van der Waals surface area contributed by atoms with E-state index in [0.717, 1.165) is 31.3 Å². The van der Waals surface area contributed by atoms with E-state index in [4.69, 9.17) is 0 Å². The number of amides is 1. The highest BCUT2D eigenvalue weighted by molar-refractivity contribution is 5.77. The maximum atomic E-state index is 11.1. The molecule has 0 bridgehead atoms. The molecule has 1 saturated carbocycles. The first-order chi connectivity index (χ1) is 6.24. The Morgan fingerprint density at radius 2 is 2.23 bits per heavy atom. The second kappa shape index (κ2) is 5.22. The number of carbonyl (C=O) groups excluding carboxylic acids is 1. The van der Waals surface area contributed by atoms with Gasteiger partial charge in [-0.2, -0.15) is 0 Å². The number of rotatable bonds is 6. The molecule has 1 rings (SSSR count). The van der Waals surface area contributed by atoms with Gasteiger partial charge in [0.15, 0.2) is 0 Å². The predicted molar refractivity (Wildman–Crippen MR) is 53.4 cm³/mol. The van der Waals surface area contributed by atoms with E-state index in [2.05, 4.69) is 24.5 Å². The van der Waals surface area contributed by atoms with Gasteiger partial charge in [0, 0.05) is 6.54 Å². The van der Waals surface area contributed by atoms with E-state index in [1.807, 2.05) is 0 Å². The van der Waals surface area contributed by atoms with Crippen LogP contribution in [0.3, 0.4) is 0 Å². The first-order valence-corrected chi connectivity index (χ1v) is 5.21. The van der Waals surface area contributed by atoms with Crippen LogP contribution in [0.5, 0.6) is 0 Å². The maximum absolute atomic E-state index is 11.1. The van der Waals surface area contributed by atoms with Crippen LogP contribution in [0.1, 0.15) is 26.7 Å². The van der Waals surface area contributed by atoms with Crippen LogP contribution in [0.2, 0.25) is 0 Å². The molecule has 0 aliphatic heterocycles. The van der Waals surface area contributed by atoms with Crippen LogP contribution in [0.25, 0.3) is 0 Å². The van der Waals surface area contributed by atoms with Gasteiger partial charge in [-0.3, -0.25) is 4.79 Å². The predicted octanol–water partition coefficient (Wildman–Crippen LogP) is 0.758. The summed E-state index contributed by atoms with van der Waals surface area (Å²) in [6.45, 7) is 6.58. The van der Waals surface area contributed by atoms with Gasteiger partial charge in [0.05, 0.1) is 6.54 Å². The third-order valence-corrected chi connectivity index (χ3v) is 2.54. The molecule has 0 aromatic heterocycles. The molecule has 76 valence electrons. The average molecular weight is 184 g/mol. The van der Waals surface area contributed by atoms with E-state index in [1.54, 1.807) is 0 Å². The van der Waals surface area contributed by atoms with Crippen LogP contribution in [0.4, 0.5) is 0 Å². The zero-order valence-electron chi connectivity index (χ0n) is 8.60. The molecular weight excluding hydrogens is 164 g/mol. The SMILES string of the molecule is CCCNC(=O)CNCC1CC1C. The summed E-state index contributed by atoms with van der Waals surface area (Å²) in [6, 6.07) is 0. The summed E-state index contributed by atoms with van der Waals surface area (Å²) in [5, 5.41) is 6.01. The molecule has 0 aromatic carbocycles. The van der Waals surface area contributed by atoms with E-state index >= 15 is 0 Å². The summed E-state index contributed by atoms with van der Waals surface area (Å²) in [7, 11) is 0. The summed E-state index contributed by atoms with van der Waals surface area (Å²) in [6.07, 6.45) is 2.33. The molecule has 1 amide bonds. The molecule has 13 heavy (non-hydrogen) atoms. The lowest BCUT2D eigenvalue weighted by atomic mass is 10.3. The first-order valence-electron chi connectivity index (χ1n) is 5.21. The van der Waals surface area contributed by atoms with Crippen molar-refractivity contribution in [2.45, 2.75) is 26.7 Å². The van der Waals surface area contributed by atoms with E-state index in [-0.39, 0.29) is 5.91 Å². The first kappa shape index (κ1) is 10.5. The molecule has 1 fully saturated rings. The lowest BCUT2D eigenvalue weighted by Gasteiger charge is -2.04. The Labute approximate surface area is 80.3 Å². The Morgan fingerprint density at radius 1 is 1.54 bits per heavy atom. The van der Waals surface area contributed by atoms with Crippen LogP contribution in [0.15, 0.2) is 0 Å². The molecule has 1 aliphatic carbocycles. The Hall–Kier alpha value is -0.570. The van der Waals surface area contributed by atoms with Gasteiger partial charge >= 0.3 is 0 Å². The lowest BCUT2D eigenvalue weighted by molar-refractivity contribution is -0.120. The third kappa shape index (κ3) is 4.27. The van der Waals surface area contributed by atoms with Gasteiger partial charge < -0.3 is 10.6 Å². The molecular formula is C10H20N2O. The van der Waals surface area contributed by atoms with Gasteiger partial charge in [0.1, 0.15) is 0 Å². The lowest BCUT2D eigenvalue weighted by Crippen LogP contribution is -2.35. The highest BCUT2D eigenvalue weighted by Gasteiger charge is 2.31. The van der Waals surface area contributed by atoms with Crippen molar-refractivity contribution >= 4 is 5.91 Å². The minimum Gasteiger partial charge on any atom is -0.355 e. The maximum Gasteiger partial charge on any atom is 0.233 e. The fraction of sp³-hybridized carbons (Fsp3) is 0.900. The average Bonchev–Trinajstić information content (AvgIpc) is 2.79. The van der Waals surface area contributed by atoms with Crippen LogP contribution in [-0.2, 0) is 4.79 Å². The van der Waals surface area contributed by atoms with E-state index in [1.165, 1.54) is 6.42 Å². The smallest absolute Gasteiger partial charge is 0.233 e. The molecule has 0 radical (unpaired) electrons. The highest BCUT2D eigenvalue weighted by atomic mass is 16.1. The quantitative estimate of drug-likeness (QED) is 0.640. The summed E-state index contributed by atoms with van der Waals surface area (Å²) in [4.78, 5) is 11.1. The molecule has 0 heterocycles. The third-order valence-electron chi connectivity index (χ3n) is 2.54. The van der Waals surface area contributed by atoms with E-state index in [9.17, 15) is 4.79 Å². The minimum atomic E-state index is 0.121. The van der Waals surface area contributed by atoms with Gasteiger partial charge in [0.2, 0.25) is 5.91 Å². The zero-order chi connectivity index (χ0) is 9.68. The van der Waals surface area contributed by atoms with Crippen LogP contribution < -0.4 is 10.6 Å². The van der Waals surface area contributed by atoms with Gasteiger partial charge in [-0.15, -0.1) is 0 Å². The number of hydrogen-bond donors (Lipinski definition) is 2. The molecule has 0 spiro atoms. The molecule has 2 atom stereocenters. The topological polar surface area (TPSA) is 41.1 Å². The van der Waals surface area contributed by atoms with Crippen molar-refractivity contribution in [1.82, 2.24) is 10.6 Å². The fourth-order valence-corrected chi connectivity index (χ4v) is 1.38. The molecule has 3 nitrogen and oxygen atoms in total. The molecule has 1 aliphatic rings. The van der Waals surface area contributed by atoms with Gasteiger partial charge in [-0.25, -0.2) is 0 Å². The Morgan fingerprint density at radius 3 is 2.77 bits per heavy atom. The Bertz CT molecular complexity index is 170. The van der Waals surface area contributed by atoms with Crippen molar-refractivity contribution in [2.24, 2.45) is 11.8 Å². The van der Waals surface area contributed by atoms with Crippen LogP contribution in [-0.4, -0.2) is 25.5 Å². The normalized spacial score (nSPS) is 25.7. The Balaban J connectivity index is 1.89. The summed E-state index contributed by atoms with van der Waals surface area (Å²) in [5.41, 5.74) is 0. The summed E-state index contributed by atoms with van der Waals surface area (Å²) in [5.74, 6) is 1.81. The van der Waals surface area contributed by atoms with Crippen molar-refractivity contribution in [1.29, 1.82) is 0 Å². The standard InChI is InChI=1S/C10H20N2O/c1-3-4-12-10(13)7-11-6-9-5-8(9)2/h8-9,11H,3-7H2,1-2H3,(H,12,13). The van der Waals surface area contributed by atoms with Crippen molar-refractivity contribution < 1.29 is 4.79 Å². The van der Waals surface area contributed by atoms with Crippen molar-refractivity contribution in [3.63, 3.8) is 0 Å². The largest absolute Gasteiger partial charge is 0.355 e. The number of nitrogens with one attached hydrogen (secondary N) is 2. The van der Waals surface area contributed by atoms with E-state index in [0.29, 0.717) is 6.54 Å². The number of carbonyl (C=O) groups is 1. The molecule has 2 N–H and O–H groups in total. The molecule has 0 aromatic rings. The van der Waals surface area contributed by atoms with E-state index < -0.39 is 0 Å². The Kier molecular flexibility index (Phi) is 4.22. The van der Waals surface area contributed by atoms with Gasteiger partial charge in [-0.1, -0.05) is 13.8 Å². The second-order valence-corrected chi connectivity index (χ2v) is 3.95. The fourth-order valence-electron chi connectivity index (χ4n) is 1.38. The van der Waals surface area contributed by atoms with Crippen molar-refractivity contribution in [2.75, 3.05) is 19.6 Å². The van der Waals surface area contributed by atoms with Gasteiger partial charge in [0.25, 0.3) is 0 Å². The van der Waals surface area contributed by atoms with Crippen LogP contribution >= 0.6 is 0 Å². The highest BCUT2D eigenvalue weighted by Crippen LogP contribution is 2.36. The summed E-state index contributed by atoms with van der Waals surface area (Å²) >= 11 is 0. The van der Waals surface area contributed by atoms with Crippen LogP contribution in [0, 0.1) is 11.8 Å². The second-order valence-electron chi connectivity index (χ2n) is 3.95.